The Balaban J connectivity index is 0.000000383. The SMILES string of the molecule is Cc1c(NC2CCCNC2)nc2ccnn2c1Nc1ccc(F)c(Cl)c1.O=C(O)C(F)(F)F. The minimum Gasteiger partial charge on any atom is -0.475 e. The van der Waals surface area contributed by atoms with E-state index in [1.807, 2.05) is 13.0 Å². The molecule has 1 fully saturated rings. The van der Waals surface area contributed by atoms with Crippen LogP contribution in [0.2, 0.25) is 5.02 Å². The zero-order valence-electron chi connectivity index (χ0n) is 17.4. The van der Waals surface area contributed by atoms with Gasteiger partial charge in [0.05, 0.1) is 11.2 Å². The number of piperidine rings is 1. The highest BCUT2D eigenvalue weighted by Crippen LogP contribution is 2.29. The van der Waals surface area contributed by atoms with Gasteiger partial charge in [-0.1, -0.05) is 11.6 Å². The monoisotopic (exact) mass is 488 g/mol. The lowest BCUT2D eigenvalue weighted by Gasteiger charge is -2.25. The van der Waals surface area contributed by atoms with Crippen LogP contribution in [0.25, 0.3) is 5.65 Å². The lowest BCUT2D eigenvalue weighted by Crippen LogP contribution is -2.38. The van der Waals surface area contributed by atoms with E-state index >= 15 is 0 Å². The molecule has 1 unspecified atom stereocenters. The molecule has 8 nitrogen and oxygen atoms in total. The Morgan fingerprint density at radius 3 is 2.67 bits per heavy atom. The number of rotatable bonds is 4. The molecule has 0 spiro atoms. The quantitative estimate of drug-likeness (QED) is 0.404. The average Bonchev–Trinajstić information content (AvgIpc) is 3.22. The van der Waals surface area contributed by atoms with Crippen LogP contribution in [-0.2, 0) is 4.79 Å². The van der Waals surface area contributed by atoms with Crippen LogP contribution in [0, 0.1) is 12.7 Å². The molecule has 1 aromatic carbocycles. The van der Waals surface area contributed by atoms with Gasteiger partial charge in [0.2, 0.25) is 0 Å². The number of benzene rings is 1. The first-order valence-electron chi connectivity index (χ1n) is 9.90. The summed E-state index contributed by atoms with van der Waals surface area (Å²) in [6.45, 7) is 3.96. The van der Waals surface area contributed by atoms with E-state index in [0.29, 0.717) is 11.7 Å². The first-order chi connectivity index (χ1) is 15.6. The van der Waals surface area contributed by atoms with Crippen LogP contribution in [0.5, 0.6) is 0 Å². The Labute approximate surface area is 191 Å². The van der Waals surface area contributed by atoms with Gasteiger partial charge < -0.3 is 21.1 Å². The van der Waals surface area contributed by atoms with Crippen molar-refractivity contribution in [2.75, 3.05) is 23.7 Å². The fourth-order valence-electron chi connectivity index (χ4n) is 3.19. The van der Waals surface area contributed by atoms with Crippen molar-refractivity contribution in [3.63, 3.8) is 0 Å². The number of hydrogen-bond donors (Lipinski definition) is 4. The molecule has 3 heterocycles. The number of anilines is 3. The second kappa shape index (κ2) is 10.2. The molecule has 3 aromatic rings. The third kappa shape index (κ3) is 6.23. The highest BCUT2D eigenvalue weighted by atomic mass is 35.5. The van der Waals surface area contributed by atoms with Crippen molar-refractivity contribution in [2.45, 2.75) is 32.0 Å². The predicted molar refractivity (Wildman–Crippen MR) is 116 cm³/mol. The van der Waals surface area contributed by atoms with Crippen molar-refractivity contribution in [3.05, 3.63) is 46.9 Å². The molecule has 0 bridgehead atoms. The van der Waals surface area contributed by atoms with Gasteiger partial charge in [-0.15, -0.1) is 0 Å². The number of halogens is 5. The Morgan fingerprint density at radius 2 is 2.06 bits per heavy atom. The van der Waals surface area contributed by atoms with E-state index in [1.54, 1.807) is 22.8 Å². The number of nitrogens with zero attached hydrogens (tertiary/aromatic N) is 3. The summed E-state index contributed by atoms with van der Waals surface area (Å²) < 4.78 is 46.9. The van der Waals surface area contributed by atoms with Crippen LogP contribution in [-0.4, -0.2) is 51.0 Å². The van der Waals surface area contributed by atoms with Crippen molar-refractivity contribution in [1.82, 2.24) is 19.9 Å². The molecule has 4 N–H and O–H groups in total. The Morgan fingerprint density at radius 1 is 1.33 bits per heavy atom. The van der Waals surface area contributed by atoms with Crippen LogP contribution in [0.15, 0.2) is 30.5 Å². The number of hydrogen-bond acceptors (Lipinski definition) is 6. The van der Waals surface area contributed by atoms with Crippen LogP contribution >= 0.6 is 11.6 Å². The minimum absolute atomic E-state index is 0.0741. The average molecular weight is 489 g/mol. The Kier molecular flexibility index (Phi) is 7.59. The van der Waals surface area contributed by atoms with E-state index in [9.17, 15) is 17.6 Å². The number of alkyl halides is 3. The standard InChI is InChI=1S/C18H20ClFN6.C2HF3O2/c1-11-17(23-13-3-2-7-21-10-13)25-16-6-8-22-26(16)18(11)24-12-4-5-15(20)14(19)9-12;3-2(4,5)1(6)7/h4-6,8-9,13,21,24H,2-3,7,10H2,1H3,(H,23,25);(H,6,7). The first-order valence-corrected chi connectivity index (χ1v) is 10.3. The van der Waals surface area contributed by atoms with Gasteiger partial charge in [0, 0.05) is 29.9 Å². The van der Waals surface area contributed by atoms with Crippen molar-refractivity contribution in [3.8, 4) is 0 Å². The maximum absolute atomic E-state index is 13.4. The van der Waals surface area contributed by atoms with Gasteiger partial charge >= 0.3 is 12.1 Å². The van der Waals surface area contributed by atoms with Gasteiger partial charge in [-0.25, -0.2) is 14.2 Å². The summed E-state index contributed by atoms with van der Waals surface area (Å²) in [7, 11) is 0. The van der Waals surface area contributed by atoms with E-state index in [2.05, 4.69) is 21.0 Å². The van der Waals surface area contributed by atoms with Gasteiger partial charge in [-0.05, 0) is 44.5 Å². The number of nitrogens with one attached hydrogen (secondary N) is 3. The topological polar surface area (TPSA) is 104 Å². The lowest BCUT2D eigenvalue weighted by atomic mass is 10.1. The molecule has 0 aliphatic carbocycles. The zero-order valence-corrected chi connectivity index (χ0v) is 18.1. The van der Waals surface area contributed by atoms with E-state index < -0.39 is 18.0 Å². The molecule has 1 aliphatic heterocycles. The normalized spacial score (nSPS) is 16.1. The molecular formula is C20H21ClF4N6O2. The molecule has 0 radical (unpaired) electrons. The summed E-state index contributed by atoms with van der Waals surface area (Å²) in [5, 5.41) is 21.8. The van der Waals surface area contributed by atoms with Gasteiger partial charge in [0.1, 0.15) is 17.5 Å². The summed E-state index contributed by atoms with van der Waals surface area (Å²) in [6.07, 6.45) is -1.13. The zero-order chi connectivity index (χ0) is 24.2. The van der Waals surface area contributed by atoms with Gasteiger partial charge in [0.25, 0.3) is 0 Å². The minimum atomic E-state index is -5.08. The van der Waals surface area contributed by atoms with Crippen LogP contribution in [0.1, 0.15) is 18.4 Å². The number of carbonyl (C=O) groups is 1. The number of aliphatic carboxylic acids is 1. The van der Waals surface area contributed by atoms with Crippen molar-refractivity contribution in [1.29, 1.82) is 0 Å². The third-order valence-corrected chi connectivity index (χ3v) is 5.12. The summed E-state index contributed by atoms with van der Waals surface area (Å²) in [4.78, 5) is 13.6. The maximum atomic E-state index is 13.4. The van der Waals surface area contributed by atoms with E-state index in [0.717, 1.165) is 48.8 Å². The van der Waals surface area contributed by atoms with Gasteiger partial charge in [-0.3, -0.25) is 0 Å². The lowest BCUT2D eigenvalue weighted by molar-refractivity contribution is -0.192. The fraction of sp³-hybridized carbons (Fsp3) is 0.350. The molecule has 0 saturated carbocycles. The molecule has 1 atom stereocenters. The Bertz CT molecular complexity index is 1130. The van der Waals surface area contributed by atoms with Gasteiger partial charge in [-0.2, -0.15) is 22.8 Å². The number of aromatic nitrogens is 3. The number of carboxylic acid groups (broad SMARTS) is 1. The van der Waals surface area contributed by atoms with Crippen LogP contribution in [0.4, 0.5) is 34.9 Å². The van der Waals surface area contributed by atoms with Crippen LogP contribution < -0.4 is 16.0 Å². The highest BCUT2D eigenvalue weighted by molar-refractivity contribution is 6.31. The van der Waals surface area contributed by atoms with Crippen molar-refractivity contribution in [2.24, 2.45) is 0 Å². The summed E-state index contributed by atoms with van der Waals surface area (Å²) >= 11 is 5.91. The van der Waals surface area contributed by atoms with Crippen LogP contribution in [0.3, 0.4) is 0 Å². The Hall–Kier alpha value is -3.12. The highest BCUT2D eigenvalue weighted by Gasteiger charge is 2.38. The summed E-state index contributed by atoms with van der Waals surface area (Å²) in [5.41, 5.74) is 2.36. The molecule has 2 aromatic heterocycles. The molecule has 1 saturated heterocycles. The molecule has 13 heteroatoms. The van der Waals surface area contributed by atoms with E-state index in [4.69, 9.17) is 26.5 Å². The summed E-state index contributed by atoms with van der Waals surface area (Å²) in [5.74, 6) is -1.61. The second-order valence-electron chi connectivity index (χ2n) is 7.28. The molecule has 33 heavy (non-hydrogen) atoms. The molecule has 4 rings (SSSR count). The number of carboxylic acids is 1. The van der Waals surface area contributed by atoms with Crippen molar-refractivity contribution < 1.29 is 27.5 Å². The van der Waals surface area contributed by atoms with Gasteiger partial charge in [0.15, 0.2) is 5.65 Å². The number of fused-ring (bicyclic) bond motifs is 1. The maximum Gasteiger partial charge on any atom is 0.490 e. The van der Waals surface area contributed by atoms with E-state index in [1.165, 1.54) is 6.07 Å². The van der Waals surface area contributed by atoms with Crippen molar-refractivity contribution >= 4 is 40.5 Å². The smallest absolute Gasteiger partial charge is 0.475 e. The molecule has 1 aliphatic rings. The molecule has 178 valence electrons. The summed E-state index contributed by atoms with van der Waals surface area (Å²) in [6, 6.07) is 6.74. The molecule has 0 amide bonds. The predicted octanol–water partition coefficient (Wildman–Crippen LogP) is 4.37. The largest absolute Gasteiger partial charge is 0.490 e. The second-order valence-corrected chi connectivity index (χ2v) is 7.69. The molecular weight excluding hydrogens is 468 g/mol. The third-order valence-electron chi connectivity index (χ3n) is 4.83. The first kappa shape index (κ1) is 24.5. The fourth-order valence-corrected chi connectivity index (χ4v) is 3.37. The van der Waals surface area contributed by atoms with E-state index in [-0.39, 0.29) is 5.02 Å².